The summed E-state index contributed by atoms with van der Waals surface area (Å²) in [5.74, 6) is 1.95. The number of hydrogen-bond acceptors (Lipinski definition) is 4. The lowest BCUT2D eigenvalue weighted by Gasteiger charge is -2.11. The first-order valence-electron chi connectivity index (χ1n) is 11.6. The molecule has 4 nitrogen and oxygen atoms in total. The summed E-state index contributed by atoms with van der Waals surface area (Å²) in [4.78, 5) is 19.2. The van der Waals surface area contributed by atoms with Gasteiger partial charge in [0.1, 0.15) is 0 Å². The quantitative estimate of drug-likeness (QED) is 0.281. The number of hydrogen-bond donors (Lipinski definition) is 0. The fourth-order valence-corrected chi connectivity index (χ4v) is 4.33. The average molecular weight is 451 g/mol. The van der Waals surface area contributed by atoms with Gasteiger partial charge in [-0.25, -0.2) is 15.0 Å². The van der Waals surface area contributed by atoms with Crippen LogP contribution >= 0.6 is 0 Å². The second-order valence-electron chi connectivity index (χ2n) is 8.42. The van der Waals surface area contributed by atoms with Crippen LogP contribution in [0.25, 0.3) is 56.1 Å². The first-order valence-corrected chi connectivity index (χ1v) is 11.6. The molecule has 166 valence electrons. The molecule has 0 N–H and O–H groups in total. The third-order valence-corrected chi connectivity index (χ3v) is 6.13. The zero-order chi connectivity index (χ0) is 23.6. The molecular weight excluding hydrogens is 428 g/mol. The molecule has 0 bridgehead atoms. The van der Waals surface area contributed by atoms with Gasteiger partial charge >= 0.3 is 0 Å². The minimum Gasteiger partial charge on any atom is -0.260 e. The second-order valence-corrected chi connectivity index (χ2v) is 8.42. The molecule has 4 aromatic carbocycles. The fourth-order valence-electron chi connectivity index (χ4n) is 4.33. The van der Waals surface area contributed by atoms with E-state index in [1.54, 1.807) is 0 Å². The number of nitrogens with zero attached hydrogens (tertiary/aromatic N) is 4. The van der Waals surface area contributed by atoms with E-state index in [0.717, 1.165) is 38.9 Å². The molecular formula is C31H22N4. The van der Waals surface area contributed by atoms with Crippen LogP contribution in [-0.2, 0) is 0 Å². The Kier molecular flexibility index (Phi) is 5.32. The van der Waals surface area contributed by atoms with E-state index < -0.39 is 0 Å². The predicted molar refractivity (Wildman–Crippen MR) is 142 cm³/mol. The maximum atomic E-state index is 4.87. The highest BCUT2D eigenvalue weighted by molar-refractivity contribution is 5.97. The molecule has 0 spiro atoms. The van der Waals surface area contributed by atoms with Crippen molar-refractivity contribution < 1.29 is 0 Å². The number of pyridine rings is 1. The standard InChI is InChI=1S/C31H22N4/c1-21-26-17-8-9-18-27(26)28(20-32-21)24-15-10-16-25(19-24)31-34-29(22-11-4-2-5-12-22)33-30(35-31)23-13-6-3-7-14-23/h2-20H,1H3. The Hall–Kier alpha value is -4.70. The molecule has 0 unspecified atom stereocenters. The van der Waals surface area contributed by atoms with Gasteiger partial charge in [-0.15, -0.1) is 0 Å². The maximum Gasteiger partial charge on any atom is 0.164 e. The Balaban J connectivity index is 1.52. The molecule has 2 aromatic heterocycles. The van der Waals surface area contributed by atoms with Crippen molar-refractivity contribution in [1.82, 2.24) is 19.9 Å². The van der Waals surface area contributed by atoms with Gasteiger partial charge in [0.2, 0.25) is 0 Å². The summed E-state index contributed by atoms with van der Waals surface area (Å²) < 4.78 is 0. The highest BCUT2D eigenvalue weighted by Crippen LogP contribution is 2.32. The first-order chi connectivity index (χ1) is 17.3. The van der Waals surface area contributed by atoms with Gasteiger partial charge in [-0.05, 0) is 23.9 Å². The number of fused-ring (bicyclic) bond motifs is 1. The van der Waals surface area contributed by atoms with Gasteiger partial charge in [-0.2, -0.15) is 0 Å². The van der Waals surface area contributed by atoms with Crippen molar-refractivity contribution in [2.24, 2.45) is 0 Å². The van der Waals surface area contributed by atoms with E-state index in [4.69, 9.17) is 15.0 Å². The molecule has 0 aliphatic rings. The minimum atomic E-state index is 0.643. The summed E-state index contributed by atoms with van der Waals surface area (Å²) in [5.41, 5.74) is 6.04. The fraction of sp³-hybridized carbons (Fsp3) is 0.0323. The highest BCUT2D eigenvalue weighted by Gasteiger charge is 2.13. The topological polar surface area (TPSA) is 51.6 Å². The van der Waals surface area contributed by atoms with Crippen LogP contribution in [0.4, 0.5) is 0 Å². The molecule has 0 aliphatic heterocycles. The van der Waals surface area contributed by atoms with E-state index in [1.807, 2.05) is 85.9 Å². The van der Waals surface area contributed by atoms with Crippen molar-refractivity contribution in [3.05, 3.63) is 121 Å². The largest absolute Gasteiger partial charge is 0.260 e. The van der Waals surface area contributed by atoms with Gasteiger partial charge in [0.05, 0.1) is 0 Å². The van der Waals surface area contributed by atoms with Gasteiger partial charge in [-0.1, -0.05) is 103 Å². The second kappa shape index (κ2) is 8.92. The van der Waals surface area contributed by atoms with Crippen molar-refractivity contribution in [3.8, 4) is 45.3 Å². The van der Waals surface area contributed by atoms with E-state index in [0.29, 0.717) is 17.5 Å². The monoisotopic (exact) mass is 450 g/mol. The van der Waals surface area contributed by atoms with Gasteiger partial charge < -0.3 is 0 Å². The summed E-state index contributed by atoms with van der Waals surface area (Å²) in [6, 6.07) is 36.8. The Labute approximate surface area is 204 Å². The molecule has 4 heteroatoms. The van der Waals surface area contributed by atoms with Crippen molar-refractivity contribution in [2.45, 2.75) is 6.92 Å². The SMILES string of the molecule is Cc1ncc(-c2cccc(-c3nc(-c4ccccc4)nc(-c4ccccc4)n3)c2)c2ccccc12. The molecule has 0 aliphatic carbocycles. The molecule has 0 fully saturated rings. The van der Waals surface area contributed by atoms with E-state index >= 15 is 0 Å². The van der Waals surface area contributed by atoms with Crippen LogP contribution in [0, 0.1) is 6.92 Å². The number of aromatic nitrogens is 4. The van der Waals surface area contributed by atoms with E-state index in [9.17, 15) is 0 Å². The zero-order valence-electron chi connectivity index (χ0n) is 19.3. The summed E-state index contributed by atoms with van der Waals surface area (Å²) >= 11 is 0. The summed E-state index contributed by atoms with van der Waals surface area (Å²) in [5, 5.41) is 2.34. The summed E-state index contributed by atoms with van der Waals surface area (Å²) in [7, 11) is 0. The predicted octanol–water partition coefficient (Wildman–Crippen LogP) is 7.40. The highest BCUT2D eigenvalue weighted by atomic mass is 15.0. The van der Waals surface area contributed by atoms with Crippen LogP contribution in [0.3, 0.4) is 0 Å². The zero-order valence-corrected chi connectivity index (χ0v) is 19.3. The molecule has 35 heavy (non-hydrogen) atoms. The van der Waals surface area contributed by atoms with E-state index in [-0.39, 0.29) is 0 Å². The molecule has 0 saturated carbocycles. The lowest BCUT2D eigenvalue weighted by molar-refractivity contribution is 1.07. The van der Waals surface area contributed by atoms with Crippen LogP contribution < -0.4 is 0 Å². The van der Waals surface area contributed by atoms with Gasteiger partial charge in [-0.3, -0.25) is 4.98 Å². The van der Waals surface area contributed by atoms with E-state index in [2.05, 4.69) is 41.4 Å². The Morgan fingerprint density at radius 2 is 0.943 bits per heavy atom. The number of aryl methyl sites for hydroxylation is 1. The summed E-state index contributed by atoms with van der Waals surface area (Å²) in [6.45, 7) is 2.05. The van der Waals surface area contributed by atoms with Gasteiger partial charge in [0, 0.05) is 39.5 Å². The molecule has 6 aromatic rings. The molecule has 0 atom stereocenters. The van der Waals surface area contributed by atoms with Gasteiger partial charge in [0.15, 0.2) is 17.5 Å². The van der Waals surface area contributed by atoms with Crippen molar-refractivity contribution in [3.63, 3.8) is 0 Å². The molecule has 6 rings (SSSR count). The lowest BCUT2D eigenvalue weighted by atomic mass is 9.98. The Bertz CT molecular complexity index is 1590. The van der Waals surface area contributed by atoms with E-state index in [1.165, 1.54) is 5.39 Å². The Morgan fingerprint density at radius 1 is 0.457 bits per heavy atom. The van der Waals surface area contributed by atoms with Crippen LogP contribution in [-0.4, -0.2) is 19.9 Å². The summed E-state index contributed by atoms with van der Waals surface area (Å²) in [6.07, 6.45) is 1.95. The Morgan fingerprint density at radius 3 is 1.57 bits per heavy atom. The smallest absolute Gasteiger partial charge is 0.164 e. The molecule has 2 heterocycles. The van der Waals surface area contributed by atoms with Crippen LogP contribution in [0.1, 0.15) is 5.69 Å². The van der Waals surface area contributed by atoms with Crippen molar-refractivity contribution >= 4 is 10.8 Å². The third kappa shape index (κ3) is 4.06. The maximum absolute atomic E-state index is 4.87. The normalized spacial score (nSPS) is 11.0. The lowest BCUT2D eigenvalue weighted by Crippen LogP contribution is -2.00. The molecule has 0 saturated heterocycles. The van der Waals surface area contributed by atoms with Crippen LogP contribution in [0.2, 0.25) is 0 Å². The van der Waals surface area contributed by atoms with Gasteiger partial charge in [0.25, 0.3) is 0 Å². The first kappa shape index (κ1) is 20.9. The van der Waals surface area contributed by atoms with Crippen molar-refractivity contribution in [1.29, 1.82) is 0 Å². The minimum absolute atomic E-state index is 0.643. The molecule has 0 amide bonds. The molecule has 0 radical (unpaired) electrons. The number of benzene rings is 4. The number of rotatable bonds is 4. The third-order valence-electron chi connectivity index (χ3n) is 6.13. The van der Waals surface area contributed by atoms with Crippen molar-refractivity contribution in [2.75, 3.05) is 0 Å². The average Bonchev–Trinajstić information content (AvgIpc) is 2.94. The van der Waals surface area contributed by atoms with Crippen LogP contribution in [0.15, 0.2) is 115 Å². The van der Waals surface area contributed by atoms with Crippen LogP contribution in [0.5, 0.6) is 0 Å².